The summed E-state index contributed by atoms with van der Waals surface area (Å²) >= 11 is 0. The Hall–Kier alpha value is -3.61. The summed E-state index contributed by atoms with van der Waals surface area (Å²) < 4.78 is 16.6. The number of carboxylic acid groups (broad SMARTS) is 1. The van der Waals surface area contributed by atoms with E-state index in [1.165, 1.54) is 7.11 Å². The number of ether oxygens (including phenoxy) is 2. The second-order valence-corrected chi connectivity index (χ2v) is 8.94. The van der Waals surface area contributed by atoms with Crippen LogP contribution in [-0.4, -0.2) is 24.2 Å². The maximum atomic E-state index is 12.7. The van der Waals surface area contributed by atoms with Crippen molar-refractivity contribution in [3.05, 3.63) is 58.5 Å². The SMILES string of the molecule is CCCCCCC(C)(C)c1cc(OC(=O)C=CC(=O)O)c2c(c1)oc(=O)c1ccc(OC)cc12. The Balaban J connectivity index is 2.21. The number of fused-ring (bicyclic) bond motifs is 3. The van der Waals surface area contributed by atoms with E-state index in [1.807, 2.05) is 6.07 Å². The van der Waals surface area contributed by atoms with Gasteiger partial charge in [-0.2, -0.15) is 0 Å². The van der Waals surface area contributed by atoms with E-state index < -0.39 is 17.6 Å². The number of carbonyl (C=O) groups excluding carboxylic acids is 1. The third-order valence-electron chi connectivity index (χ3n) is 5.99. The lowest BCUT2D eigenvalue weighted by Crippen LogP contribution is -2.18. The molecule has 0 saturated heterocycles. The molecule has 0 amide bonds. The summed E-state index contributed by atoms with van der Waals surface area (Å²) in [7, 11) is 1.52. The summed E-state index contributed by atoms with van der Waals surface area (Å²) in [6.45, 7) is 6.35. The first-order chi connectivity index (χ1) is 16.2. The van der Waals surface area contributed by atoms with Crippen LogP contribution in [0.4, 0.5) is 0 Å². The first kappa shape index (κ1) is 25.0. The number of benzene rings is 2. The van der Waals surface area contributed by atoms with Gasteiger partial charge in [-0.05, 0) is 47.7 Å². The van der Waals surface area contributed by atoms with Crippen LogP contribution in [0.3, 0.4) is 0 Å². The van der Waals surface area contributed by atoms with Crippen molar-refractivity contribution >= 4 is 33.7 Å². The van der Waals surface area contributed by atoms with Crippen molar-refractivity contribution in [2.75, 3.05) is 7.11 Å². The molecule has 7 nitrogen and oxygen atoms in total. The molecule has 0 saturated carbocycles. The predicted molar refractivity (Wildman–Crippen MR) is 131 cm³/mol. The predicted octanol–water partition coefficient (Wildman–Crippen LogP) is 5.75. The average molecular weight is 467 g/mol. The summed E-state index contributed by atoms with van der Waals surface area (Å²) in [6, 6.07) is 8.53. The van der Waals surface area contributed by atoms with Gasteiger partial charge >= 0.3 is 17.6 Å². The first-order valence-corrected chi connectivity index (χ1v) is 11.4. The van der Waals surface area contributed by atoms with Crippen LogP contribution in [0.1, 0.15) is 58.4 Å². The van der Waals surface area contributed by atoms with Crippen molar-refractivity contribution in [2.24, 2.45) is 0 Å². The van der Waals surface area contributed by atoms with Gasteiger partial charge in [-0.1, -0.05) is 46.5 Å². The molecule has 2 aromatic carbocycles. The first-order valence-electron chi connectivity index (χ1n) is 11.4. The monoisotopic (exact) mass is 466 g/mol. The molecule has 1 N–H and O–H groups in total. The van der Waals surface area contributed by atoms with Crippen molar-refractivity contribution in [1.82, 2.24) is 0 Å². The highest BCUT2D eigenvalue weighted by Gasteiger charge is 2.25. The summed E-state index contributed by atoms with van der Waals surface area (Å²) in [5.74, 6) is -1.38. The molecule has 3 rings (SSSR count). The van der Waals surface area contributed by atoms with Gasteiger partial charge in [-0.3, -0.25) is 0 Å². The molecular formula is C27H30O7. The lowest BCUT2D eigenvalue weighted by molar-refractivity contribution is -0.133. The van der Waals surface area contributed by atoms with Crippen LogP contribution >= 0.6 is 0 Å². The Morgan fingerprint density at radius 2 is 1.82 bits per heavy atom. The third-order valence-corrected chi connectivity index (χ3v) is 5.99. The van der Waals surface area contributed by atoms with Gasteiger partial charge in [0.15, 0.2) is 0 Å². The maximum absolute atomic E-state index is 12.7. The fourth-order valence-electron chi connectivity index (χ4n) is 4.02. The molecule has 0 spiro atoms. The third kappa shape index (κ3) is 5.65. The molecule has 0 unspecified atom stereocenters. The zero-order chi connectivity index (χ0) is 24.9. The van der Waals surface area contributed by atoms with Gasteiger partial charge in [0.05, 0.1) is 17.9 Å². The zero-order valence-corrected chi connectivity index (χ0v) is 20.0. The molecule has 1 aromatic heterocycles. The zero-order valence-electron chi connectivity index (χ0n) is 20.0. The Kier molecular flexibility index (Phi) is 7.76. The van der Waals surface area contributed by atoms with E-state index in [9.17, 15) is 14.4 Å². The molecule has 3 aromatic rings. The van der Waals surface area contributed by atoms with Crippen LogP contribution < -0.4 is 15.1 Å². The van der Waals surface area contributed by atoms with Crippen molar-refractivity contribution in [1.29, 1.82) is 0 Å². The van der Waals surface area contributed by atoms with Crippen LogP contribution in [0, 0.1) is 0 Å². The van der Waals surface area contributed by atoms with Gasteiger partial charge in [-0.15, -0.1) is 0 Å². The molecule has 1 heterocycles. The van der Waals surface area contributed by atoms with Crippen molar-refractivity contribution in [2.45, 2.75) is 58.3 Å². The minimum atomic E-state index is -1.26. The number of unbranched alkanes of at least 4 members (excludes halogenated alkanes) is 3. The van der Waals surface area contributed by atoms with E-state index in [4.69, 9.17) is 19.0 Å². The summed E-state index contributed by atoms with van der Waals surface area (Å²) in [5.41, 5.74) is 0.356. The summed E-state index contributed by atoms with van der Waals surface area (Å²) in [4.78, 5) is 35.9. The van der Waals surface area contributed by atoms with E-state index in [0.29, 0.717) is 28.0 Å². The number of carboxylic acids is 1. The van der Waals surface area contributed by atoms with Crippen LogP contribution in [-0.2, 0) is 15.0 Å². The van der Waals surface area contributed by atoms with Crippen molar-refractivity contribution in [3.8, 4) is 11.5 Å². The standard InChI is InChI=1S/C27H30O7/c1-5-6-7-8-13-27(2,3)17-14-21(33-24(30)12-11-23(28)29)25-20-16-18(32-4)9-10-19(20)26(31)34-22(25)15-17/h9-12,14-16H,5-8,13H2,1-4H3,(H,28,29). The Morgan fingerprint density at radius 1 is 1.06 bits per heavy atom. The number of methoxy groups -OCH3 is 1. The molecule has 0 radical (unpaired) electrons. The fourth-order valence-corrected chi connectivity index (χ4v) is 4.02. The minimum Gasteiger partial charge on any atom is -0.497 e. The highest BCUT2D eigenvalue weighted by Crippen LogP contribution is 2.39. The molecule has 0 atom stereocenters. The lowest BCUT2D eigenvalue weighted by atomic mass is 9.79. The summed E-state index contributed by atoms with van der Waals surface area (Å²) in [5, 5.41) is 10.1. The van der Waals surface area contributed by atoms with Crippen LogP contribution in [0.5, 0.6) is 11.5 Å². The number of hydrogen-bond donors (Lipinski definition) is 1. The van der Waals surface area contributed by atoms with Gasteiger partial charge in [0.1, 0.15) is 17.1 Å². The van der Waals surface area contributed by atoms with Gasteiger partial charge in [0.2, 0.25) is 0 Å². The lowest BCUT2D eigenvalue weighted by Gasteiger charge is -2.26. The largest absolute Gasteiger partial charge is 0.497 e. The second-order valence-electron chi connectivity index (χ2n) is 8.94. The Bertz CT molecular complexity index is 1300. The quantitative estimate of drug-likeness (QED) is 0.101. The summed E-state index contributed by atoms with van der Waals surface area (Å²) in [6.07, 6.45) is 6.92. The molecule has 0 fully saturated rings. The van der Waals surface area contributed by atoms with Gasteiger partial charge in [0, 0.05) is 17.5 Å². The number of aliphatic carboxylic acids is 1. The maximum Gasteiger partial charge on any atom is 0.344 e. The molecule has 0 aliphatic carbocycles. The average Bonchev–Trinajstić information content (AvgIpc) is 2.80. The number of carbonyl (C=O) groups is 2. The van der Waals surface area contributed by atoms with E-state index in [0.717, 1.165) is 43.7 Å². The van der Waals surface area contributed by atoms with Crippen molar-refractivity contribution in [3.63, 3.8) is 0 Å². The Morgan fingerprint density at radius 3 is 2.50 bits per heavy atom. The van der Waals surface area contributed by atoms with Crippen LogP contribution in [0.25, 0.3) is 21.7 Å². The van der Waals surface area contributed by atoms with E-state index in [2.05, 4.69) is 20.8 Å². The molecule has 0 bridgehead atoms. The number of hydrogen-bond acceptors (Lipinski definition) is 6. The van der Waals surface area contributed by atoms with Crippen molar-refractivity contribution < 1.29 is 28.6 Å². The van der Waals surface area contributed by atoms with E-state index >= 15 is 0 Å². The van der Waals surface area contributed by atoms with Crippen LogP contribution in [0.15, 0.2) is 51.7 Å². The molecule has 180 valence electrons. The number of rotatable bonds is 10. The smallest absolute Gasteiger partial charge is 0.344 e. The highest BCUT2D eigenvalue weighted by atomic mass is 16.5. The fraction of sp³-hybridized carbons (Fsp3) is 0.370. The second kappa shape index (κ2) is 10.5. The normalized spacial score (nSPS) is 11.9. The van der Waals surface area contributed by atoms with E-state index in [1.54, 1.807) is 24.3 Å². The molecule has 34 heavy (non-hydrogen) atoms. The van der Waals surface area contributed by atoms with Gasteiger partial charge in [-0.25, -0.2) is 14.4 Å². The highest BCUT2D eigenvalue weighted by molar-refractivity contribution is 6.09. The molecule has 7 heteroatoms. The Labute approximate surface area is 198 Å². The molecular weight excluding hydrogens is 436 g/mol. The number of esters is 1. The van der Waals surface area contributed by atoms with Gasteiger partial charge in [0.25, 0.3) is 0 Å². The molecule has 0 aliphatic rings. The molecule has 0 aliphatic heterocycles. The van der Waals surface area contributed by atoms with Gasteiger partial charge < -0.3 is 19.0 Å². The van der Waals surface area contributed by atoms with Crippen LogP contribution in [0.2, 0.25) is 0 Å². The minimum absolute atomic E-state index is 0.191. The topological polar surface area (TPSA) is 103 Å². The van der Waals surface area contributed by atoms with E-state index in [-0.39, 0.29) is 16.7 Å².